The molecule has 0 aromatic carbocycles. The van der Waals surface area contributed by atoms with Gasteiger partial charge in [-0.05, 0) is 19.8 Å². The summed E-state index contributed by atoms with van der Waals surface area (Å²) in [5, 5.41) is 0. The molecule has 2 rings (SSSR count). The Hall–Kier alpha value is -1.16. The zero-order chi connectivity index (χ0) is 10.1. The third-order valence-corrected chi connectivity index (χ3v) is 2.70. The fourth-order valence-electron chi connectivity index (χ4n) is 2.06. The fourth-order valence-corrected chi connectivity index (χ4v) is 2.06. The van der Waals surface area contributed by atoms with Crippen molar-refractivity contribution in [3.8, 4) is 0 Å². The van der Waals surface area contributed by atoms with Crippen molar-refractivity contribution >= 4 is 5.78 Å². The first-order valence-corrected chi connectivity index (χ1v) is 5.03. The van der Waals surface area contributed by atoms with Crippen LogP contribution in [0.2, 0.25) is 0 Å². The van der Waals surface area contributed by atoms with Gasteiger partial charge in [-0.3, -0.25) is 4.79 Å². The van der Waals surface area contributed by atoms with Crippen LogP contribution < -0.4 is 5.73 Å². The quantitative estimate of drug-likeness (QED) is 0.702. The zero-order valence-corrected chi connectivity index (χ0v) is 8.42. The van der Waals surface area contributed by atoms with Gasteiger partial charge in [0.2, 0.25) is 0 Å². The summed E-state index contributed by atoms with van der Waals surface area (Å²) < 4.78 is 2.04. The molecule has 1 aromatic heterocycles. The maximum atomic E-state index is 11.6. The highest BCUT2D eigenvalue weighted by atomic mass is 16.1. The number of nitrogens with zero attached hydrogens (tertiary/aromatic N) is 2. The van der Waals surface area contributed by atoms with Crippen molar-refractivity contribution in [3.63, 3.8) is 0 Å². The van der Waals surface area contributed by atoms with E-state index in [0.717, 1.165) is 36.6 Å². The fraction of sp³-hybridized carbons (Fsp3) is 0.600. The summed E-state index contributed by atoms with van der Waals surface area (Å²) in [5.74, 6) is 1.05. The van der Waals surface area contributed by atoms with Crippen LogP contribution in [0, 0.1) is 6.92 Å². The van der Waals surface area contributed by atoms with E-state index in [0.29, 0.717) is 0 Å². The lowest BCUT2D eigenvalue weighted by atomic mass is 10.1. The summed E-state index contributed by atoms with van der Waals surface area (Å²) in [7, 11) is 0. The summed E-state index contributed by atoms with van der Waals surface area (Å²) in [4.78, 5) is 16.0. The maximum absolute atomic E-state index is 11.6. The standard InChI is InChI=1S/C10H15N3O/c1-7-10(8(14)6-11)13-5-3-2-4-9(13)12-7/h2-6,11H2,1H3. The zero-order valence-electron chi connectivity index (χ0n) is 8.42. The van der Waals surface area contributed by atoms with Gasteiger partial charge in [-0.15, -0.1) is 0 Å². The molecule has 0 aliphatic carbocycles. The van der Waals surface area contributed by atoms with Crippen molar-refractivity contribution in [1.29, 1.82) is 0 Å². The molecule has 0 saturated carbocycles. The van der Waals surface area contributed by atoms with E-state index in [9.17, 15) is 4.79 Å². The van der Waals surface area contributed by atoms with Crippen LogP contribution in [0.1, 0.15) is 34.8 Å². The van der Waals surface area contributed by atoms with Crippen molar-refractivity contribution in [1.82, 2.24) is 9.55 Å². The molecule has 1 aliphatic heterocycles. The number of hydrogen-bond acceptors (Lipinski definition) is 3. The molecule has 0 radical (unpaired) electrons. The Bertz CT molecular complexity index is 368. The Morgan fingerprint density at radius 2 is 2.36 bits per heavy atom. The third-order valence-electron chi connectivity index (χ3n) is 2.70. The summed E-state index contributed by atoms with van der Waals surface area (Å²) in [6, 6.07) is 0. The number of carbonyl (C=O) groups excluding carboxylic acids is 1. The number of aromatic nitrogens is 2. The molecule has 14 heavy (non-hydrogen) atoms. The number of rotatable bonds is 2. The molecule has 2 heterocycles. The minimum Gasteiger partial charge on any atom is -0.325 e. The minimum atomic E-state index is 0.00292. The van der Waals surface area contributed by atoms with Gasteiger partial charge in [-0.2, -0.15) is 0 Å². The molecular formula is C10H15N3O. The van der Waals surface area contributed by atoms with Crippen LogP contribution in [0.15, 0.2) is 0 Å². The van der Waals surface area contributed by atoms with Gasteiger partial charge in [-0.25, -0.2) is 4.98 Å². The minimum absolute atomic E-state index is 0.00292. The number of aryl methyl sites for hydroxylation is 2. The smallest absolute Gasteiger partial charge is 0.194 e. The molecule has 0 bridgehead atoms. The van der Waals surface area contributed by atoms with Gasteiger partial charge in [0.05, 0.1) is 12.2 Å². The average molecular weight is 193 g/mol. The predicted octanol–water partition coefficient (Wildman–Crippen LogP) is 0.669. The molecule has 0 fully saturated rings. The SMILES string of the molecule is Cc1nc2n(c1C(=O)CN)CCCC2. The molecule has 0 spiro atoms. The summed E-state index contributed by atoms with van der Waals surface area (Å²) in [6.45, 7) is 2.87. The van der Waals surface area contributed by atoms with E-state index >= 15 is 0 Å². The summed E-state index contributed by atoms with van der Waals surface area (Å²) in [5.41, 5.74) is 6.93. The van der Waals surface area contributed by atoms with Gasteiger partial charge in [-0.1, -0.05) is 0 Å². The molecular weight excluding hydrogens is 178 g/mol. The van der Waals surface area contributed by atoms with Gasteiger partial charge >= 0.3 is 0 Å². The van der Waals surface area contributed by atoms with Crippen molar-refractivity contribution < 1.29 is 4.79 Å². The van der Waals surface area contributed by atoms with Crippen LogP contribution in [-0.2, 0) is 13.0 Å². The normalized spacial score (nSPS) is 15.3. The highest BCUT2D eigenvalue weighted by Gasteiger charge is 2.21. The molecule has 0 saturated heterocycles. The van der Waals surface area contributed by atoms with Crippen molar-refractivity contribution in [3.05, 3.63) is 17.2 Å². The number of carbonyl (C=O) groups is 1. The molecule has 0 unspecified atom stereocenters. The number of imidazole rings is 1. The molecule has 0 amide bonds. The van der Waals surface area contributed by atoms with Crippen molar-refractivity contribution in [2.24, 2.45) is 5.73 Å². The van der Waals surface area contributed by atoms with E-state index in [1.165, 1.54) is 6.42 Å². The maximum Gasteiger partial charge on any atom is 0.194 e. The summed E-state index contributed by atoms with van der Waals surface area (Å²) in [6.07, 6.45) is 3.29. The van der Waals surface area contributed by atoms with Crippen LogP contribution in [0.5, 0.6) is 0 Å². The number of ketones is 1. The van der Waals surface area contributed by atoms with E-state index < -0.39 is 0 Å². The Morgan fingerprint density at radius 1 is 1.57 bits per heavy atom. The second-order valence-electron chi connectivity index (χ2n) is 3.70. The van der Waals surface area contributed by atoms with Crippen LogP contribution >= 0.6 is 0 Å². The number of fused-ring (bicyclic) bond motifs is 1. The number of nitrogens with two attached hydrogens (primary N) is 1. The van der Waals surface area contributed by atoms with Crippen molar-refractivity contribution in [2.45, 2.75) is 32.7 Å². The molecule has 1 aromatic rings. The van der Waals surface area contributed by atoms with E-state index in [-0.39, 0.29) is 12.3 Å². The lowest BCUT2D eigenvalue weighted by molar-refractivity contribution is 0.0991. The van der Waals surface area contributed by atoms with E-state index in [1.54, 1.807) is 0 Å². The highest BCUT2D eigenvalue weighted by Crippen LogP contribution is 2.19. The largest absolute Gasteiger partial charge is 0.325 e. The summed E-state index contributed by atoms with van der Waals surface area (Å²) >= 11 is 0. The Labute approximate surface area is 83.1 Å². The molecule has 0 atom stereocenters. The van der Waals surface area contributed by atoms with E-state index in [1.807, 2.05) is 11.5 Å². The number of hydrogen-bond donors (Lipinski definition) is 1. The van der Waals surface area contributed by atoms with Crippen LogP contribution in [-0.4, -0.2) is 21.9 Å². The van der Waals surface area contributed by atoms with E-state index in [4.69, 9.17) is 5.73 Å². The van der Waals surface area contributed by atoms with Crippen molar-refractivity contribution in [2.75, 3.05) is 6.54 Å². The van der Waals surface area contributed by atoms with Gasteiger partial charge < -0.3 is 10.3 Å². The highest BCUT2D eigenvalue weighted by molar-refractivity contribution is 5.97. The monoisotopic (exact) mass is 193 g/mol. The third kappa shape index (κ3) is 1.35. The Kier molecular flexibility index (Phi) is 2.37. The van der Waals surface area contributed by atoms with Crippen LogP contribution in [0.3, 0.4) is 0 Å². The van der Waals surface area contributed by atoms with Crippen LogP contribution in [0.4, 0.5) is 0 Å². The molecule has 2 N–H and O–H groups in total. The first kappa shape index (κ1) is 9.40. The second kappa shape index (κ2) is 3.53. The first-order chi connectivity index (χ1) is 6.74. The molecule has 4 nitrogen and oxygen atoms in total. The molecule has 1 aliphatic rings. The molecule has 76 valence electrons. The Morgan fingerprint density at radius 3 is 3.07 bits per heavy atom. The van der Waals surface area contributed by atoms with Crippen LogP contribution in [0.25, 0.3) is 0 Å². The predicted molar refractivity (Wildman–Crippen MR) is 53.3 cm³/mol. The lowest BCUT2D eigenvalue weighted by Gasteiger charge is -2.15. The van der Waals surface area contributed by atoms with Gasteiger partial charge in [0.1, 0.15) is 11.5 Å². The Balaban J connectivity index is 2.47. The number of Topliss-reactive ketones (excluding diaryl/α,β-unsaturated/α-hetero) is 1. The first-order valence-electron chi connectivity index (χ1n) is 5.03. The van der Waals surface area contributed by atoms with Gasteiger partial charge in [0.15, 0.2) is 5.78 Å². The topological polar surface area (TPSA) is 60.9 Å². The second-order valence-corrected chi connectivity index (χ2v) is 3.70. The molecule has 4 heteroatoms. The average Bonchev–Trinajstić information content (AvgIpc) is 2.53. The lowest BCUT2D eigenvalue weighted by Crippen LogP contribution is -2.21. The van der Waals surface area contributed by atoms with E-state index in [2.05, 4.69) is 4.98 Å². The van der Waals surface area contributed by atoms with Gasteiger partial charge in [0, 0.05) is 13.0 Å². The van der Waals surface area contributed by atoms with Gasteiger partial charge in [0.25, 0.3) is 0 Å².